The van der Waals surface area contributed by atoms with E-state index in [0.29, 0.717) is 5.92 Å². The first-order valence-electron chi connectivity index (χ1n) is 18.0. The highest BCUT2D eigenvalue weighted by molar-refractivity contribution is 6.99. The molecule has 3 saturated heterocycles. The van der Waals surface area contributed by atoms with Crippen molar-refractivity contribution in [1.29, 1.82) is 0 Å². The van der Waals surface area contributed by atoms with E-state index in [0.717, 1.165) is 25.9 Å². The first-order chi connectivity index (χ1) is 22.4. The average Bonchev–Trinajstić information content (AvgIpc) is 3.62. The maximum Gasteiger partial charge on any atom is 0.410 e. The smallest absolute Gasteiger partial charge is 0.410 e. The summed E-state index contributed by atoms with van der Waals surface area (Å²) in [5.41, 5.74) is 0.944. The van der Waals surface area contributed by atoms with Gasteiger partial charge in [-0.1, -0.05) is 125 Å². The molecule has 0 aromatic heterocycles. The van der Waals surface area contributed by atoms with Crippen molar-refractivity contribution >= 4 is 24.8 Å². The highest BCUT2D eigenvalue weighted by Gasteiger charge is 2.68. The highest BCUT2D eigenvalue weighted by atomic mass is 28.4. The van der Waals surface area contributed by atoms with E-state index >= 15 is 0 Å². The Labute approximate surface area is 283 Å². The summed E-state index contributed by atoms with van der Waals surface area (Å²) in [4.78, 5) is 19.2. The third-order valence-corrected chi connectivity index (χ3v) is 16.8. The number of nitrogens with zero attached hydrogens (tertiary/aromatic N) is 2. The van der Waals surface area contributed by atoms with Gasteiger partial charge in [0.15, 0.2) is 0 Å². The summed E-state index contributed by atoms with van der Waals surface area (Å²) >= 11 is 0. The van der Waals surface area contributed by atoms with Crippen LogP contribution in [0, 0.1) is 11.3 Å². The molecule has 0 spiro atoms. The largest absolute Gasteiger partial charge is 0.444 e. The summed E-state index contributed by atoms with van der Waals surface area (Å²) in [6.07, 6.45) is 6.97. The third-order valence-electron chi connectivity index (χ3n) is 11.8. The molecule has 5 atom stereocenters. The molecule has 4 fully saturated rings. The van der Waals surface area contributed by atoms with E-state index in [1.54, 1.807) is 0 Å². The Kier molecular flexibility index (Phi) is 8.46. The van der Waals surface area contributed by atoms with Crippen LogP contribution in [0.2, 0.25) is 5.04 Å². The van der Waals surface area contributed by atoms with Gasteiger partial charge in [-0.15, -0.1) is 0 Å². The number of benzene rings is 3. The third kappa shape index (κ3) is 5.78. The van der Waals surface area contributed by atoms with Crippen molar-refractivity contribution in [1.82, 2.24) is 9.80 Å². The first kappa shape index (κ1) is 32.6. The van der Waals surface area contributed by atoms with Crippen molar-refractivity contribution in [3.8, 4) is 0 Å². The topological polar surface area (TPSA) is 42.0 Å². The van der Waals surface area contributed by atoms with E-state index in [9.17, 15) is 4.79 Å². The predicted molar refractivity (Wildman–Crippen MR) is 192 cm³/mol. The maximum absolute atomic E-state index is 14.3. The fraction of sp³-hybridized carbons (Fsp3) is 0.537. The lowest BCUT2D eigenvalue weighted by Crippen LogP contribution is -2.69. The van der Waals surface area contributed by atoms with Crippen molar-refractivity contribution in [3.63, 3.8) is 0 Å². The molecular weight excluding hydrogens is 597 g/mol. The van der Waals surface area contributed by atoms with Crippen molar-refractivity contribution in [2.24, 2.45) is 11.3 Å². The van der Waals surface area contributed by atoms with Crippen LogP contribution in [0.15, 0.2) is 91.0 Å². The van der Waals surface area contributed by atoms with Crippen molar-refractivity contribution in [2.75, 3.05) is 6.54 Å². The standard InChI is InChI=1S/C41H54N2O3Si/c1-39(2,3)45-38(44)43-34-26-41(31-20-16-17-21-31)27-35(43)37(36(34)42(29-41)28-30-18-10-7-11-19-30)46-47(40(4,5)6,32-22-12-8-13-23-32)33-24-14-9-15-25-33/h7-15,18-19,22-25,31,34-37H,16-17,20-21,26-29H2,1-6H3/t34?,35?,36?,37-,41?/m0/s1. The number of fused-ring (bicyclic) bond motifs is 2. The van der Waals surface area contributed by atoms with Crippen LogP contribution < -0.4 is 10.4 Å². The number of rotatable bonds is 7. The van der Waals surface area contributed by atoms with Gasteiger partial charge in [0.25, 0.3) is 8.32 Å². The summed E-state index contributed by atoms with van der Waals surface area (Å²) in [6.45, 7) is 15.0. The van der Waals surface area contributed by atoms with Gasteiger partial charge in [0.2, 0.25) is 0 Å². The molecule has 1 saturated carbocycles. The summed E-state index contributed by atoms with van der Waals surface area (Å²) in [6, 6.07) is 33.1. The molecule has 1 amide bonds. The first-order valence-corrected chi connectivity index (χ1v) is 19.9. The van der Waals surface area contributed by atoms with E-state index in [1.165, 1.54) is 41.6 Å². The van der Waals surface area contributed by atoms with E-state index in [-0.39, 0.29) is 40.8 Å². The van der Waals surface area contributed by atoms with Gasteiger partial charge in [-0.05, 0) is 78.8 Å². The Morgan fingerprint density at radius 3 is 1.85 bits per heavy atom. The van der Waals surface area contributed by atoms with Crippen LogP contribution in [0.25, 0.3) is 0 Å². The molecule has 3 aromatic rings. The molecule has 3 aromatic carbocycles. The van der Waals surface area contributed by atoms with Crippen LogP contribution in [-0.2, 0) is 15.7 Å². The van der Waals surface area contributed by atoms with Gasteiger partial charge in [0.1, 0.15) is 5.60 Å². The number of piperidine rings is 2. The molecule has 3 aliphatic heterocycles. The van der Waals surface area contributed by atoms with Gasteiger partial charge in [-0.3, -0.25) is 9.80 Å². The van der Waals surface area contributed by atoms with Gasteiger partial charge in [-0.2, -0.15) is 0 Å². The van der Waals surface area contributed by atoms with Crippen LogP contribution >= 0.6 is 0 Å². The molecule has 0 radical (unpaired) electrons. The molecule has 1 aliphatic carbocycles. The van der Waals surface area contributed by atoms with Crippen LogP contribution in [0.3, 0.4) is 0 Å². The number of carbonyl (C=O) groups is 1. The fourth-order valence-electron chi connectivity index (χ4n) is 10.1. The van der Waals surface area contributed by atoms with Crippen LogP contribution in [0.1, 0.15) is 85.6 Å². The van der Waals surface area contributed by atoms with E-state index in [4.69, 9.17) is 9.16 Å². The molecule has 6 heteroatoms. The number of hydrogen-bond acceptors (Lipinski definition) is 4. The SMILES string of the molecule is CC(C)(C)OC(=O)N1C2CC3(C4CCCC4)CC1[C@H](O[Si](c1ccccc1)(c1ccccc1)C(C)(C)C)C2N(Cc1ccccc1)C3. The predicted octanol–water partition coefficient (Wildman–Crippen LogP) is 7.77. The van der Waals surface area contributed by atoms with Gasteiger partial charge < -0.3 is 9.16 Å². The van der Waals surface area contributed by atoms with Gasteiger partial charge in [-0.25, -0.2) is 4.79 Å². The van der Waals surface area contributed by atoms with Gasteiger partial charge in [0, 0.05) is 13.1 Å². The molecule has 4 unspecified atom stereocenters. The van der Waals surface area contributed by atoms with E-state index in [1.807, 2.05) is 20.8 Å². The Bertz CT molecular complexity index is 1490. The minimum Gasteiger partial charge on any atom is -0.444 e. The molecule has 7 rings (SSSR count). The zero-order valence-electron chi connectivity index (χ0n) is 29.3. The van der Waals surface area contributed by atoms with Gasteiger partial charge >= 0.3 is 6.09 Å². The van der Waals surface area contributed by atoms with E-state index in [2.05, 4.69) is 122 Å². The lowest BCUT2D eigenvalue weighted by molar-refractivity contribution is -0.0763. The molecule has 3 bridgehead atoms. The minimum absolute atomic E-state index is 0.0309. The molecule has 4 aliphatic rings. The Morgan fingerprint density at radius 2 is 1.32 bits per heavy atom. The van der Waals surface area contributed by atoms with Crippen LogP contribution in [0.5, 0.6) is 0 Å². The molecular formula is C41H54N2O3Si. The number of hydrogen-bond donors (Lipinski definition) is 0. The normalized spacial score (nSPS) is 28.2. The molecule has 3 heterocycles. The van der Waals surface area contributed by atoms with Crippen LogP contribution in [-0.4, -0.2) is 60.6 Å². The molecule has 250 valence electrons. The summed E-state index contributed by atoms with van der Waals surface area (Å²) in [5, 5.41) is 2.42. The number of amides is 1. The second-order valence-corrected chi connectivity index (χ2v) is 21.2. The lowest BCUT2D eigenvalue weighted by atomic mass is 9.63. The molecule has 0 N–H and O–H groups in total. The zero-order chi connectivity index (χ0) is 33.0. The zero-order valence-corrected chi connectivity index (χ0v) is 30.3. The fourth-order valence-corrected chi connectivity index (χ4v) is 14.8. The molecule has 5 nitrogen and oxygen atoms in total. The minimum atomic E-state index is -2.91. The number of likely N-dealkylation sites (tertiary alicyclic amines) is 1. The second kappa shape index (κ2) is 12.2. The second-order valence-electron chi connectivity index (χ2n) is 16.9. The summed E-state index contributed by atoms with van der Waals surface area (Å²) < 4.78 is 14.3. The van der Waals surface area contributed by atoms with Crippen molar-refractivity contribution in [3.05, 3.63) is 96.6 Å². The van der Waals surface area contributed by atoms with Crippen molar-refractivity contribution < 1.29 is 14.0 Å². The van der Waals surface area contributed by atoms with Crippen molar-refractivity contribution in [2.45, 2.75) is 121 Å². The number of carbonyl (C=O) groups excluding carboxylic acids is 1. The Hall–Kier alpha value is -2.93. The maximum atomic E-state index is 14.3. The lowest BCUT2D eigenvalue weighted by Gasteiger charge is -2.55. The summed E-state index contributed by atoms with van der Waals surface area (Å²) in [7, 11) is -2.91. The quantitative estimate of drug-likeness (QED) is 0.245. The van der Waals surface area contributed by atoms with Gasteiger partial charge in [0.05, 0.1) is 24.2 Å². The highest BCUT2D eigenvalue weighted by Crippen LogP contribution is 2.59. The monoisotopic (exact) mass is 650 g/mol. The number of ether oxygens (including phenoxy) is 1. The summed E-state index contributed by atoms with van der Waals surface area (Å²) in [5.74, 6) is 0.694. The molecule has 47 heavy (non-hydrogen) atoms. The average molecular weight is 651 g/mol. The Morgan fingerprint density at radius 1 is 0.787 bits per heavy atom. The Balaban J connectivity index is 1.40. The van der Waals surface area contributed by atoms with Crippen LogP contribution in [0.4, 0.5) is 4.79 Å². The van der Waals surface area contributed by atoms with E-state index < -0.39 is 13.9 Å².